The second-order valence-corrected chi connectivity index (χ2v) is 3.84. The Labute approximate surface area is 85.0 Å². The topological polar surface area (TPSA) is 70.0 Å². The van der Waals surface area contributed by atoms with E-state index < -0.39 is 0 Å². The van der Waals surface area contributed by atoms with E-state index in [9.17, 15) is 0 Å². The van der Waals surface area contributed by atoms with Crippen molar-refractivity contribution in [2.24, 2.45) is 0 Å². The maximum absolute atomic E-state index is 9.17. The van der Waals surface area contributed by atoms with E-state index in [4.69, 9.17) is 16.1 Å². The Balaban J connectivity index is 2.90. The van der Waals surface area contributed by atoms with Gasteiger partial charge in [-0.2, -0.15) is 5.26 Å². The van der Waals surface area contributed by atoms with Gasteiger partial charge in [0.1, 0.15) is 0 Å². The van der Waals surface area contributed by atoms with Gasteiger partial charge in [-0.1, -0.05) is 0 Å². The van der Waals surface area contributed by atoms with Gasteiger partial charge in [0.2, 0.25) is 0 Å². The number of rotatable bonds is 1. The SMILES string of the molecule is N#Cc1cc(N)c2sccc2c1CO. The Hall–Kier alpha value is -1.57. The highest BCUT2D eigenvalue weighted by Crippen LogP contribution is 2.32. The number of nitrogen functional groups attached to an aromatic ring is 1. The molecule has 70 valence electrons. The summed E-state index contributed by atoms with van der Waals surface area (Å²) in [6.07, 6.45) is 0. The fourth-order valence-electron chi connectivity index (χ4n) is 1.49. The summed E-state index contributed by atoms with van der Waals surface area (Å²) in [6.45, 7) is -0.129. The summed E-state index contributed by atoms with van der Waals surface area (Å²) in [5.74, 6) is 0. The molecule has 14 heavy (non-hydrogen) atoms. The highest BCUT2D eigenvalue weighted by molar-refractivity contribution is 7.17. The molecule has 0 radical (unpaired) electrons. The minimum atomic E-state index is -0.129. The highest BCUT2D eigenvalue weighted by atomic mass is 32.1. The van der Waals surface area contributed by atoms with E-state index in [1.54, 1.807) is 6.07 Å². The monoisotopic (exact) mass is 204 g/mol. The van der Waals surface area contributed by atoms with E-state index in [2.05, 4.69) is 0 Å². The molecule has 2 rings (SSSR count). The van der Waals surface area contributed by atoms with Crippen molar-refractivity contribution in [2.45, 2.75) is 6.61 Å². The number of fused-ring (bicyclic) bond motifs is 1. The van der Waals surface area contributed by atoms with Crippen LogP contribution in [-0.4, -0.2) is 5.11 Å². The van der Waals surface area contributed by atoms with E-state index in [-0.39, 0.29) is 6.61 Å². The molecule has 3 nitrogen and oxygen atoms in total. The van der Waals surface area contributed by atoms with Gasteiger partial charge in [-0.15, -0.1) is 11.3 Å². The average Bonchev–Trinajstić information content (AvgIpc) is 2.66. The van der Waals surface area contributed by atoms with Crippen molar-refractivity contribution >= 4 is 27.1 Å². The Morgan fingerprint density at radius 1 is 1.57 bits per heavy atom. The van der Waals surface area contributed by atoms with Crippen molar-refractivity contribution in [3.05, 3.63) is 28.6 Å². The molecule has 0 fully saturated rings. The highest BCUT2D eigenvalue weighted by Gasteiger charge is 2.10. The number of aliphatic hydroxyl groups is 1. The molecule has 0 atom stereocenters. The molecular weight excluding hydrogens is 196 g/mol. The maximum Gasteiger partial charge on any atom is 0.0996 e. The predicted molar refractivity (Wildman–Crippen MR) is 56.9 cm³/mol. The molecule has 1 heterocycles. The fourth-order valence-corrected chi connectivity index (χ4v) is 2.35. The van der Waals surface area contributed by atoms with Crippen LogP contribution >= 0.6 is 11.3 Å². The smallest absolute Gasteiger partial charge is 0.0996 e. The van der Waals surface area contributed by atoms with Crippen molar-refractivity contribution in [2.75, 3.05) is 5.73 Å². The summed E-state index contributed by atoms with van der Waals surface area (Å²) in [5, 5.41) is 20.8. The van der Waals surface area contributed by atoms with Crippen molar-refractivity contribution < 1.29 is 5.11 Å². The number of nitriles is 1. The van der Waals surface area contributed by atoms with Crippen LogP contribution in [0.5, 0.6) is 0 Å². The largest absolute Gasteiger partial charge is 0.398 e. The first-order valence-corrected chi connectivity index (χ1v) is 4.95. The summed E-state index contributed by atoms with van der Waals surface area (Å²) in [6, 6.07) is 5.53. The van der Waals surface area contributed by atoms with Crippen LogP contribution in [0.1, 0.15) is 11.1 Å². The van der Waals surface area contributed by atoms with E-state index in [0.29, 0.717) is 16.8 Å². The van der Waals surface area contributed by atoms with Gasteiger partial charge in [-0.25, -0.2) is 0 Å². The van der Waals surface area contributed by atoms with E-state index in [1.165, 1.54) is 11.3 Å². The number of hydrogen-bond donors (Lipinski definition) is 2. The Kier molecular flexibility index (Phi) is 2.12. The Morgan fingerprint density at radius 3 is 3.00 bits per heavy atom. The molecule has 1 aromatic carbocycles. The van der Waals surface area contributed by atoms with Crippen LogP contribution in [0.15, 0.2) is 17.5 Å². The Bertz CT molecular complexity index is 525. The summed E-state index contributed by atoms with van der Waals surface area (Å²) < 4.78 is 0.938. The van der Waals surface area contributed by atoms with Gasteiger partial charge in [-0.05, 0) is 17.5 Å². The summed E-state index contributed by atoms with van der Waals surface area (Å²) in [7, 11) is 0. The van der Waals surface area contributed by atoms with Gasteiger partial charge in [0.05, 0.1) is 28.6 Å². The first kappa shape index (κ1) is 9.00. The van der Waals surface area contributed by atoms with Crippen molar-refractivity contribution in [1.29, 1.82) is 5.26 Å². The molecule has 3 N–H and O–H groups in total. The molecule has 0 aliphatic heterocycles. The summed E-state index contributed by atoms with van der Waals surface area (Å²) in [4.78, 5) is 0. The number of hydrogen-bond acceptors (Lipinski definition) is 4. The standard InChI is InChI=1S/C10H8N2OS/c11-4-6-3-9(12)10-7(1-2-14-10)8(6)5-13/h1-3,13H,5,12H2. The normalized spacial score (nSPS) is 10.3. The van der Waals surface area contributed by atoms with Crippen LogP contribution < -0.4 is 5.73 Å². The predicted octanol–water partition coefficient (Wildman–Crippen LogP) is 1.85. The first-order chi connectivity index (χ1) is 6.77. The van der Waals surface area contributed by atoms with Crippen LogP contribution in [-0.2, 0) is 6.61 Å². The third kappa shape index (κ3) is 1.15. The van der Waals surface area contributed by atoms with Gasteiger partial charge >= 0.3 is 0 Å². The van der Waals surface area contributed by atoms with Gasteiger partial charge in [0, 0.05) is 10.9 Å². The minimum absolute atomic E-state index is 0.129. The summed E-state index contributed by atoms with van der Waals surface area (Å²) >= 11 is 1.52. The van der Waals surface area contributed by atoms with Crippen LogP contribution in [0.2, 0.25) is 0 Å². The fraction of sp³-hybridized carbons (Fsp3) is 0.100. The second-order valence-electron chi connectivity index (χ2n) is 2.93. The third-order valence-electron chi connectivity index (χ3n) is 2.16. The van der Waals surface area contributed by atoms with Crippen LogP contribution in [0.25, 0.3) is 10.1 Å². The summed E-state index contributed by atoms with van der Waals surface area (Å²) in [5.41, 5.74) is 7.50. The van der Waals surface area contributed by atoms with E-state index >= 15 is 0 Å². The zero-order chi connectivity index (χ0) is 10.1. The Morgan fingerprint density at radius 2 is 2.36 bits per heavy atom. The number of nitrogens with two attached hydrogens (primary N) is 1. The molecule has 0 amide bonds. The molecule has 0 saturated carbocycles. The molecule has 0 spiro atoms. The van der Waals surface area contributed by atoms with Crippen molar-refractivity contribution in [3.63, 3.8) is 0 Å². The van der Waals surface area contributed by atoms with Gasteiger partial charge in [0.15, 0.2) is 0 Å². The molecule has 4 heteroatoms. The lowest BCUT2D eigenvalue weighted by Crippen LogP contribution is -1.94. The second kappa shape index (κ2) is 3.29. The lowest BCUT2D eigenvalue weighted by Gasteiger charge is -2.04. The van der Waals surface area contributed by atoms with Crippen LogP contribution in [0.3, 0.4) is 0 Å². The van der Waals surface area contributed by atoms with Crippen molar-refractivity contribution in [3.8, 4) is 6.07 Å². The van der Waals surface area contributed by atoms with E-state index in [0.717, 1.165) is 10.1 Å². The molecule has 1 aromatic heterocycles. The lowest BCUT2D eigenvalue weighted by molar-refractivity contribution is 0.283. The molecule has 0 aliphatic rings. The molecule has 2 aromatic rings. The zero-order valence-corrected chi connectivity index (χ0v) is 8.14. The molecule has 0 aliphatic carbocycles. The van der Waals surface area contributed by atoms with Crippen LogP contribution in [0.4, 0.5) is 5.69 Å². The molecule has 0 bridgehead atoms. The van der Waals surface area contributed by atoms with Gasteiger partial charge in [0.25, 0.3) is 0 Å². The molecule has 0 saturated heterocycles. The molecule has 0 unspecified atom stereocenters. The minimum Gasteiger partial charge on any atom is -0.398 e. The van der Waals surface area contributed by atoms with Gasteiger partial charge in [-0.3, -0.25) is 0 Å². The molecular formula is C10H8N2OS. The van der Waals surface area contributed by atoms with Crippen LogP contribution in [0, 0.1) is 11.3 Å². The first-order valence-electron chi connectivity index (χ1n) is 4.07. The van der Waals surface area contributed by atoms with Crippen molar-refractivity contribution in [1.82, 2.24) is 0 Å². The number of aliphatic hydroxyl groups excluding tert-OH is 1. The number of thiophene rings is 1. The maximum atomic E-state index is 9.17. The average molecular weight is 204 g/mol. The lowest BCUT2D eigenvalue weighted by atomic mass is 10.0. The zero-order valence-electron chi connectivity index (χ0n) is 7.32. The number of benzene rings is 1. The third-order valence-corrected chi connectivity index (χ3v) is 3.12. The van der Waals surface area contributed by atoms with Gasteiger partial charge < -0.3 is 10.8 Å². The quantitative estimate of drug-likeness (QED) is 0.696. The van der Waals surface area contributed by atoms with E-state index in [1.807, 2.05) is 17.5 Å². The number of nitrogens with zero attached hydrogens (tertiary/aromatic N) is 1. The number of anilines is 1.